The molecule has 5 rings (SSSR count). The van der Waals surface area contributed by atoms with Crippen molar-refractivity contribution in [2.75, 3.05) is 49.5 Å². The highest BCUT2D eigenvalue weighted by atomic mass is 32.1. The Hall–Kier alpha value is -3.20. The Bertz CT molecular complexity index is 1250. The van der Waals surface area contributed by atoms with Gasteiger partial charge in [-0.1, -0.05) is 6.07 Å². The highest BCUT2D eigenvalue weighted by Gasteiger charge is 2.27. The van der Waals surface area contributed by atoms with Crippen molar-refractivity contribution in [1.29, 1.82) is 0 Å². The van der Waals surface area contributed by atoms with E-state index in [1.165, 1.54) is 11.3 Å². The predicted molar refractivity (Wildman–Crippen MR) is 130 cm³/mol. The highest BCUT2D eigenvalue weighted by molar-refractivity contribution is 7.17. The monoisotopic (exact) mass is 469 g/mol. The Morgan fingerprint density at radius 3 is 2.70 bits per heavy atom. The molecule has 0 saturated carbocycles. The maximum absolute atomic E-state index is 12.9. The average molecular weight is 470 g/mol. The molecule has 0 radical (unpaired) electrons. The lowest BCUT2D eigenvalue weighted by atomic mass is 10.1. The number of ether oxygens (including phenoxy) is 2. The van der Waals surface area contributed by atoms with Crippen LogP contribution in [-0.4, -0.2) is 55.9 Å². The van der Waals surface area contributed by atoms with Gasteiger partial charge in [0.05, 0.1) is 5.69 Å². The number of nitrogens with zero attached hydrogens (tertiary/aromatic N) is 2. The first-order valence-corrected chi connectivity index (χ1v) is 12.0. The molecule has 0 bridgehead atoms. The third kappa shape index (κ3) is 4.37. The highest BCUT2D eigenvalue weighted by Crippen LogP contribution is 2.38. The van der Waals surface area contributed by atoms with Crippen LogP contribution in [0.1, 0.15) is 20.8 Å². The third-order valence-corrected chi connectivity index (χ3v) is 6.61. The zero-order chi connectivity index (χ0) is 23.2. The van der Waals surface area contributed by atoms with Gasteiger partial charge in [0.25, 0.3) is 0 Å². The summed E-state index contributed by atoms with van der Waals surface area (Å²) in [7, 11) is 0. The summed E-state index contributed by atoms with van der Waals surface area (Å²) in [5.41, 5.74) is 2.80. The first-order chi connectivity index (χ1) is 15.8. The van der Waals surface area contributed by atoms with Crippen LogP contribution in [0.4, 0.5) is 16.4 Å². The van der Waals surface area contributed by atoms with E-state index in [4.69, 9.17) is 13.9 Å². The van der Waals surface area contributed by atoms with Gasteiger partial charge in [0.2, 0.25) is 5.43 Å². The standard InChI is InChI=1S/C24H27N3O5S/c1-24(2,3)32-23(29)27-9-7-26(8-10-27)20-13-18(28)22-21(31-20)16(14-33-22)15-4-5-19-17(12-15)25-6-11-30-19/h4-5,12-14,25H,6-11H2,1-3H3. The molecule has 1 saturated heterocycles. The van der Waals surface area contributed by atoms with Crippen LogP contribution in [0.5, 0.6) is 5.75 Å². The summed E-state index contributed by atoms with van der Waals surface area (Å²) in [6.45, 7) is 9.11. The predicted octanol–water partition coefficient (Wildman–Crippen LogP) is 4.38. The number of fused-ring (bicyclic) bond motifs is 2. The molecule has 0 unspecified atom stereocenters. The molecule has 1 amide bonds. The molecule has 8 nitrogen and oxygen atoms in total. The number of hydrogen-bond acceptors (Lipinski definition) is 8. The maximum Gasteiger partial charge on any atom is 0.410 e. The first kappa shape index (κ1) is 21.6. The van der Waals surface area contributed by atoms with Crippen molar-refractivity contribution < 1.29 is 18.7 Å². The van der Waals surface area contributed by atoms with E-state index in [9.17, 15) is 9.59 Å². The molecule has 33 heavy (non-hydrogen) atoms. The van der Waals surface area contributed by atoms with E-state index in [2.05, 4.69) is 5.32 Å². The molecular weight excluding hydrogens is 442 g/mol. The normalized spacial score (nSPS) is 16.2. The van der Waals surface area contributed by atoms with E-state index in [1.807, 2.05) is 49.3 Å². The Kier molecular flexibility index (Phi) is 5.44. The fourth-order valence-corrected chi connectivity index (χ4v) is 4.94. The first-order valence-electron chi connectivity index (χ1n) is 11.1. The number of thiophene rings is 1. The molecule has 2 aliphatic heterocycles. The SMILES string of the molecule is CC(C)(C)OC(=O)N1CCN(c2cc(=O)c3scc(-c4ccc5c(c4)NCCO5)c3o2)CC1. The van der Waals surface area contributed by atoms with Crippen molar-refractivity contribution in [2.45, 2.75) is 26.4 Å². The van der Waals surface area contributed by atoms with Crippen LogP contribution in [0.25, 0.3) is 21.4 Å². The molecule has 0 aliphatic carbocycles. The van der Waals surface area contributed by atoms with Crippen LogP contribution < -0.4 is 20.4 Å². The number of hydrogen-bond donors (Lipinski definition) is 1. The van der Waals surface area contributed by atoms with E-state index in [1.54, 1.807) is 11.0 Å². The van der Waals surface area contributed by atoms with Crippen LogP contribution in [0.3, 0.4) is 0 Å². The Labute approximate surface area is 195 Å². The van der Waals surface area contributed by atoms with E-state index in [0.717, 1.165) is 29.1 Å². The topological polar surface area (TPSA) is 84.2 Å². The summed E-state index contributed by atoms with van der Waals surface area (Å²) in [6, 6.07) is 7.51. The molecule has 9 heteroatoms. The number of piperazine rings is 1. The van der Waals surface area contributed by atoms with Gasteiger partial charge in [-0.25, -0.2) is 4.79 Å². The van der Waals surface area contributed by atoms with Gasteiger partial charge in [-0.3, -0.25) is 4.79 Å². The molecule has 0 atom stereocenters. The van der Waals surface area contributed by atoms with Crippen molar-refractivity contribution in [2.24, 2.45) is 0 Å². The second kappa shape index (κ2) is 8.30. The summed E-state index contributed by atoms with van der Waals surface area (Å²) < 4.78 is 18.0. The fourth-order valence-electron chi connectivity index (χ4n) is 4.03. The van der Waals surface area contributed by atoms with E-state index in [-0.39, 0.29) is 11.5 Å². The van der Waals surface area contributed by atoms with Gasteiger partial charge in [0.1, 0.15) is 22.7 Å². The van der Waals surface area contributed by atoms with Crippen molar-refractivity contribution in [3.05, 3.63) is 39.9 Å². The number of carbonyl (C=O) groups excluding carboxylic acids is 1. The van der Waals surface area contributed by atoms with Crippen LogP contribution >= 0.6 is 11.3 Å². The summed E-state index contributed by atoms with van der Waals surface area (Å²) >= 11 is 1.39. The minimum atomic E-state index is -0.528. The Morgan fingerprint density at radius 1 is 1.15 bits per heavy atom. The minimum absolute atomic E-state index is 0.0588. The number of rotatable bonds is 2. The molecule has 2 aromatic heterocycles. The Morgan fingerprint density at radius 2 is 1.94 bits per heavy atom. The van der Waals surface area contributed by atoms with Gasteiger partial charge in [0, 0.05) is 49.7 Å². The average Bonchev–Trinajstić information content (AvgIpc) is 3.22. The lowest BCUT2D eigenvalue weighted by molar-refractivity contribution is 0.0239. The quantitative estimate of drug-likeness (QED) is 0.596. The molecule has 174 valence electrons. The van der Waals surface area contributed by atoms with Crippen LogP contribution in [0, 0.1) is 0 Å². The number of carbonyl (C=O) groups is 1. The van der Waals surface area contributed by atoms with Gasteiger partial charge < -0.3 is 29.0 Å². The lowest BCUT2D eigenvalue weighted by Gasteiger charge is -2.35. The zero-order valence-corrected chi connectivity index (χ0v) is 19.8. The number of anilines is 2. The van der Waals surface area contributed by atoms with Crippen LogP contribution in [0.15, 0.2) is 38.9 Å². The Balaban J connectivity index is 1.40. The van der Waals surface area contributed by atoms with Crippen LogP contribution in [-0.2, 0) is 4.74 Å². The van der Waals surface area contributed by atoms with Crippen molar-refractivity contribution in [1.82, 2.24) is 4.90 Å². The summed E-state index contributed by atoms with van der Waals surface area (Å²) in [6.07, 6.45) is -0.316. The lowest BCUT2D eigenvalue weighted by Crippen LogP contribution is -2.50. The van der Waals surface area contributed by atoms with Crippen molar-refractivity contribution in [3.8, 4) is 16.9 Å². The molecule has 1 aromatic carbocycles. The van der Waals surface area contributed by atoms with E-state index >= 15 is 0 Å². The molecule has 0 spiro atoms. The third-order valence-electron chi connectivity index (χ3n) is 5.64. The fraction of sp³-hybridized carbons (Fsp3) is 0.417. The van der Waals surface area contributed by atoms with Gasteiger partial charge in [-0.05, 0) is 38.5 Å². The molecule has 4 heterocycles. The minimum Gasteiger partial charge on any atom is -0.490 e. The molecule has 1 N–H and O–H groups in total. The van der Waals surface area contributed by atoms with E-state index < -0.39 is 5.60 Å². The second-order valence-corrected chi connectivity index (χ2v) is 10.1. The van der Waals surface area contributed by atoms with Gasteiger partial charge >= 0.3 is 6.09 Å². The largest absolute Gasteiger partial charge is 0.490 e. The number of benzene rings is 1. The molecule has 1 fully saturated rings. The second-order valence-electron chi connectivity index (χ2n) is 9.20. The molecule has 2 aliphatic rings. The molecule has 3 aromatic rings. The smallest absolute Gasteiger partial charge is 0.410 e. The zero-order valence-electron chi connectivity index (χ0n) is 19.0. The van der Waals surface area contributed by atoms with Crippen molar-refractivity contribution in [3.63, 3.8) is 0 Å². The van der Waals surface area contributed by atoms with E-state index in [0.29, 0.717) is 49.0 Å². The number of amides is 1. The van der Waals surface area contributed by atoms with Crippen molar-refractivity contribution >= 4 is 39.3 Å². The summed E-state index contributed by atoms with van der Waals surface area (Å²) in [4.78, 5) is 28.9. The number of nitrogens with one attached hydrogen (secondary N) is 1. The van der Waals surface area contributed by atoms with Gasteiger partial charge in [-0.15, -0.1) is 11.3 Å². The van der Waals surface area contributed by atoms with Gasteiger partial charge in [0.15, 0.2) is 11.5 Å². The maximum atomic E-state index is 12.9. The van der Waals surface area contributed by atoms with Gasteiger partial charge in [-0.2, -0.15) is 0 Å². The van der Waals surface area contributed by atoms with Crippen LogP contribution in [0.2, 0.25) is 0 Å². The summed E-state index contributed by atoms with van der Waals surface area (Å²) in [5, 5.41) is 5.31. The summed E-state index contributed by atoms with van der Waals surface area (Å²) in [5.74, 6) is 1.35. The molecular formula is C24H27N3O5S.